The molecule has 19 heavy (non-hydrogen) atoms. The van der Waals surface area contributed by atoms with E-state index in [-0.39, 0.29) is 12.3 Å². The normalized spacial score (nSPS) is 11.0. The van der Waals surface area contributed by atoms with Gasteiger partial charge >= 0.3 is 0 Å². The summed E-state index contributed by atoms with van der Waals surface area (Å²) >= 11 is 3.84. The lowest BCUT2D eigenvalue weighted by Gasteiger charge is -2.24. The summed E-state index contributed by atoms with van der Waals surface area (Å²) in [4.78, 5) is 21.8. The molecular weight excluding hydrogens is 264 g/mol. The number of H-pyrrole nitrogens is 1. The minimum absolute atomic E-state index is 0.0727. The first-order chi connectivity index (χ1) is 9.04. The molecule has 102 valence electrons. The van der Waals surface area contributed by atoms with E-state index in [1.54, 1.807) is 18.9 Å². The molecule has 1 aromatic rings. The van der Waals surface area contributed by atoms with Crippen LogP contribution in [0.5, 0.6) is 0 Å². The van der Waals surface area contributed by atoms with E-state index in [0.29, 0.717) is 18.2 Å². The summed E-state index contributed by atoms with van der Waals surface area (Å²) in [5, 5.41) is 8.97. The first-order valence-electron chi connectivity index (χ1n) is 5.68. The van der Waals surface area contributed by atoms with Gasteiger partial charge in [-0.2, -0.15) is 9.66 Å². The van der Waals surface area contributed by atoms with Crippen molar-refractivity contribution < 1.29 is 4.79 Å². The van der Waals surface area contributed by atoms with E-state index in [2.05, 4.69) is 27.2 Å². The Balaban J connectivity index is 2.79. The summed E-state index contributed by atoms with van der Waals surface area (Å²) in [7, 11) is 1.68. The molecule has 0 aliphatic carbocycles. The highest BCUT2D eigenvalue weighted by Gasteiger charge is 2.19. The predicted molar refractivity (Wildman–Crippen MR) is 74.7 cm³/mol. The molecule has 0 amide bonds. The Bertz CT molecular complexity index is 518. The number of aryl methyl sites for hydroxylation is 1. The molecule has 0 bridgehead atoms. The minimum atomic E-state index is -0.148. The Labute approximate surface area is 117 Å². The Morgan fingerprint density at radius 2 is 2.37 bits per heavy atom. The number of carbonyl (C=O) groups excluding carboxylic acids is 1. The van der Waals surface area contributed by atoms with Gasteiger partial charge < -0.3 is 9.88 Å². The van der Waals surface area contributed by atoms with Crippen LogP contribution in [0, 0.1) is 18.4 Å². The first-order valence-corrected chi connectivity index (χ1v) is 6.08. The third-order valence-corrected chi connectivity index (χ3v) is 2.76. The average Bonchev–Trinajstić information content (AvgIpc) is 2.81. The molecule has 0 spiro atoms. The van der Waals surface area contributed by atoms with Crippen molar-refractivity contribution >= 4 is 24.6 Å². The molecule has 0 saturated carbocycles. The van der Waals surface area contributed by atoms with Crippen LogP contribution in [0.2, 0.25) is 0 Å². The monoisotopic (exact) mass is 280 g/mol. The number of thiol groups is 1. The number of rotatable bonds is 4. The lowest BCUT2D eigenvalue weighted by Crippen LogP contribution is -2.42. The number of nitrogens with one attached hydrogen (secondary N) is 1. The number of aromatic nitrogens is 2. The number of imidazole rings is 1. The number of likely N-dealkylation sites (N-methyl/N-ethyl adjacent to an activating group) is 1. The van der Waals surface area contributed by atoms with Crippen molar-refractivity contribution in [2.75, 3.05) is 20.1 Å². The lowest BCUT2D eigenvalue weighted by molar-refractivity contribution is 0.0962. The topological polar surface area (TPSA) is 88.4 Å². The zero-order valence-electron chi connectivity index (χ0n) is 11.1. The van der Waals surface area contributed by atoms with Gasteiger partial charge in [-0.15, -0.1) is 0 Å². The fourth-order valence-corrected chi connectivity index (χ4v) is 1.85. The lowest BCUT2D eigenvalue weighted by atomic mass is 10.2. The maximum Gasteiger partial charge on any atom is 0.221 e. The van der Waals surface area contributed by atoms with Crippen LogP contribution in [-0.4, -0.2) is 51.6 Å². The van der Waals surface area contributed by atoms with E-state index in [1.165, 1.54) is 11.2 Å². The molecule has 7 nitrogen and oxygen atoms in total. The summed E-state index contributed by atoms with van der Waals surface area (Å²) in [6, 6.07) is 0. The van der Waals surface area contributed by atoms with Crippen molar-refractivity contribution in [3.63, 3.8) is 0 Å². The molecule has 1 heterocycles. The molecule has 1 aromatic heterocycles. The van der Waals surface area contributed by atoms with Gasteiger partial charge in [0.15, 0.2) is 6.19 Å². The number of hydrogen-bond donors (Lipinski definition) is 2. The summed E-state index contributed by atoms with van der Waals surface area (Å²) in [6.45, 7) is 4.12. The molecule has 1 rings (SSSR count). The standard InChI is InChI=1S/C11H16N6OS/c1-4-17(6-12)11(15-19)16(3)5-9(18)10-8(2)13-7-14-10/h7,19H,4-5H2,1-3H3,(H,13,14). The zero-order valence-corrected chi connectivity index (χ0v) is 12.0. The highest BCUT2D eigenvalue weighted by atomic mass is 32.1. The van der Waals surface area contributed by atoms with Gasteiger partial charge in [0, 0.05) is 19.3 Å². The van der Waals surface area contributed by atoms with Gasteiger partial charge in [0.1, 0.15) is 5.69 Å². The molecule has 0 unspecified atom stereocenters. The first kappa shape index (κ1) is 15.0. The third-order valence-electron chi connectivity index (χ3n) is 2.58. The smallest absolute Gasteiger partial charge is 0.221 e. The van der Waals surface area contributed by atoms with Crippen molar-refractivity contribution in [2.45, 2.75) is 13.8 Å². The fourth-order valence-electron chi connectivity index (χ4n) is 1.59. The van der Waals surface area contributed by atoms with Crippen molar-refractivity contribution in [3.8, 4) is 6.19 Å². The van der Waals surface area contributed by atoms with Crippen molar-refractivity contribution in [3.05, 3.63) is 17.7 Å². The van der Waals surface area contributed by atoms with Gasteiger partial charge in [0.2, 0.25) is 11.7 Å². The number of hydrogen-bond acceptors (Lipinski definition) is 5. The minimum Gasteiger partial charge on any atom is -0.348 e. The van der Waals surface area contributed by atoms with Gasteiger partial charge in [0.25, 0.3) is 0 Å². The Morgan fingerprint density at radius 1 is 1.68 bits per heavy atom. The maximum atomic E-state index is 12.1. The molecule has 0 aliphatic heterocycles. The van der Waals surface area contributed by atoms with Crippen molar-refractivity contribution in [1.29, 1.82) is 5.26 Å². The number of Topliss-reactive ketones (excluding diaryl/α,β-unsaturated/α-hetero) is 1. The number of nitriles is 1. The van der Waals surface area contributed by atoms with Gasteiger partial charge in [-0.25, -0.2) is 9.88 Å². The van der Waals surface area contributed by atoms with E-state index >= 15 is 0 Å². The summed E-state index contributed by atoms with van der Waals surface area (Å²) in [6.07, 6.45) is 3.46. The number of carbonyl (C=O) groups is 1. The second kappa shape index (κ2) is 6.80. The quantitative estimate of drug-likeness (QED) is 0.213. The van der Waals surface area contributed by atoms with Crippen LogP contribution in [-0.2, 0) is 0 Å². The number of ketones is 1. The molecule has 0 saturated heterocycles. The van der Waals surface area contributed by atoms with E-state index in [9.17, 15) is 4.79 Å². The maximum absolute atomic E-state index is 12.1. The molecule has 8 heteroatoms. The van der Waals surface area contributed by atoms with Crippen LogP contribution in [0.3, 0.4) is 0 Å². The molecule has 0 radical (unpaired) electrons. The fraction of sp³-hybridized carbons (Fsp3) is 0.455. The largest absolute Gasteiger partial charge is 0.348 e. The van der Waals surface area contributed by atoms with Crippen molar-refractivity contribution in [1.82, 2.24) is 19.8 Å². The summed E-state index contributed by atoms with van der Waals surface area (Å²) in [5.74, 6) is 0.180. The summed E-state index contributed by atoms with van der Waals surface area (Å²) < 4.78 is 3.75. The van der Waals surface area contributed by atoms with Gasteiger partial charge in [-0.1, -0.05) is 0 Å². The van der Waals surface area contributed by atoms with E-state index < -0.39 is 0 Å². The predicted octanol–water partition coefficient (Wildman–Crippen LogP) is 0.836. The highest BCUT2D eigenvalue weighted by Crippen LogP contribution is 2.05. The van der Waals surface area contributed by atoms with E-state index in [4.69, 9.17) is 5.26 Å². The SMILES string of the molecule is CCN(C#N)C(=NS)N(C)CC(=O)c1nc[nH]c1C. The van der Waals surface area contributed by atoms with Crippen LogP contribution in [0.15, 0.2) is 10.7 Å². The number of guanidine groups is 1. The zero-order chi connectivity index (χ0) is 14.4. The van der Waals surface area contributed by atoms with Crippen molar-refractivity contribution in [2.24, 2.45) is 4.40 Å². The van der Waals surface area contributed by atoms with Crippen LogP contribution < -0.4 is 0 Å². The molecule has 0 aromatic carbocycles. The number of aromatic amines is 1. The van der Waals surface area contributed by atoms with Gasteiger partial charge in [-0.3, -0.25) is 4.79 Å². The van der Waals surface area contributed by atoms with Crippen LogP contribution in [0.1, 0.15) is 23.1 Å². The van der Waals surface area contributed by atoms with Crippen LogP contribution >= 0.6 is 12.8 Å². The van der Waals surface area contributed by atoms with Crippen LogP contribution in [0.25, 0.3) is 0 Å². The molecule has 0 aliphatic rings. The van der Waals surface area contributed by atoms with E-state index in [1.807, 2.05) is 13.1 Å². The van der Waals surface area contributed by atoms with Gasteiger partial charge in [0.05, 0.1) is 12.9 Å². The van der Waals surface area contributed by atoms with Gasteiger partial charge in [-0.05, 0) is 26.7 Å². The van der Waals surface area contributed by atoms with Crippen LogP contribution in [0.4, 0.5) is 0 Å². The number of nitrogens with zero attached hydrogens (tertiary/aromatic N) is 5. The highest BCUT2D eigenvalue weighted by molar-refractivity contribution is 7.79. The summed E-state index contributed by atoms with van der Waals surface area (Å²) in [5.41, 5.74) is 1.11. The molecular formula is C11H16N6OS. The molecule has 1 N–H and O–H groups in total. The van der Waals surface area contributed by atoms with E-state index in [0.717, 1.165) is 5.69 Å². The average molecular weight is 280 g/mol. The second-order valence-electron chi connectivity index (χ2n) is 3.90. The third kappa shape index (κ3) is 3.48. The second-order valence-corrected chi connectivity index (χ2v) is 4.10. The molecule has 0 atom stereocenters. The Hall–Kier alpha value is -2.01. The Morgan fingerprint density at radius 3 is 2.79 bits per heavy atom. The Kier molecular flexibility index (Phi) is 5.38. The molecule has 0 fully saturated rings.